The molecule has 0 atom stereocenters. The molecule has 1 aromatic carbocycles. The van der Waals surface area contributed by atoms with Crippen molar-refractivity contribution in [3.63, 3.8) is 0 Å². The molecule has 0 saturated carbocycles. The number of hydrogen-bond acceptors (Lipinski definition) is 3. The summed E-state index contributed by atoms with van der Waals surface area (Å²) in [6.45, 7) is 1.95. The smallest absolute Gasteiger partial charge is 0.252 e. The van der Waals surface area contributed by atoms with Crippen molar-refractivity contribution in [1.82, 2.24) is 0 Å². The molecule has 1 rings (SSSR count). The van der Waals surface area contributed by atoms with Gasteiger partial charge >= 0.3 is 0 Å². The monoisotopic (exact) mass is 230 g/mol. The van der Waals surface area contributed by atoms with E-state index < -0.39 is 0 Å². The van der Waals surface area contributed by atoms with E-state index in [0.717, 1.165) is 12.1 Å². The Morgan fingerprint density at radius 1 is 1.40 bits per heavy atom. The number of aryl methyl sites for hydroxylation is 1. The number of carbonyl (C=O) groups excluding carboxylic acids is 1. The summed E-state index contributed by atoms with van der Waals surface area (Å²) >= 11 is 0. The molecule has 0 fully saturated rings. The van der Waals surface area contributed by atoms with Crippen molar-refractivity contribution in [2.75, 3.05) is 11.9 Å². The zero-order valence-corrected chi connectivity index (χ0v) is 9.34. The molecule has 0 aromatic heterocycles. The second-order valence-electron chi connectivity index (χ2n) is 2.91. The molecule has 1 aromatic rings. The first-order valence-corrected chi connectivity index (χ1v) is 4.46. The van der Waals surface area contributed by atoms with Crippen LogP contribution in [0.25, 0.3) is 0 Å². The average Bonchev–Trinajstić information content (AvgIpc) is 2.19. The first-order valence-electron chi connectivity index (χ1n) is 4.46. The molecule has 0 bridgehead atoms. The van der Waals surface area contributed by atoms with Crippen molar-refractivity contribution in [3.8, 4) is 0 Å². The van der Waals surface area contributed by atoms with Gasteiger partial charge in [-0.3, -0.25) is 9.63 Å². The van der Waals surface area contributed by atoms with Crippen LogP contribution in [0, 0.1) is 0 Å². The van der Waals surface area contributed by atoms with E-state index >= 15 is 0 Å². The van der Waals surface area contributed by atoms with Gasteiger partial charge in [-0.05, 0) is 24.1 Å². The van der Waals surface area contributed by atoms with E-state index in [4.69, 9.17) is 5.90 Å². The Hall–Kier alpha value is -1.10. The van der Waals surface area contributed by atoms with E-state index in [9.17, 15) is 4.79 Å². The van der Waals surface area contributed by atoms with Gasteiger partial charge in [-0.15, -0.1) is 12.4 Å². The Morgan fingerprint density at radius 3 is 2.47 bits per heavy atom. The number of rotatable bonds is 4. The number of nitrogens with one attached hydrogen (secondary N) is 1. The largest absolute Gasteiger partial charge is 0.324 e. The molecular formula is C10H15ClN2O2. The molecule has 84 valence electrons. The van der Waals surface area contributed by atoms with Crippen molar-refractivity contribution in [3.05, 3.63) is 29.8 Å². The van der Waals surface area contributed by atoms with E-state index in [2.05, 4.69) is 17.1 Å². The first kappa shape index (κ1) is 13.9. The second-order valence-corrected chi connectivity index (χ2v) is 2.91. The molecule has 0 radical (unpaired) electrons. The zero-order chi connectivity index (χ0) is 10.4. The Morgan fingerprint density at radius 2 is 2.00 bits per heavy atom. The summed E-state index contributed by atoms with van der Waals surface area (Å²) in [5.74, 6) is 4.51. The third kappa shape index (κ3) is 4.78. The van der Waals surface area contributed by atoms with Crippen molar-refractivity contribution in [2.24, 2.45) is 5.90 Å². The van der Waals surface area contributed by atoms with Crippen LogP contribution in [0.2, 0.25) is 0 Å². The molecule has 0 saturated heterocycles. The summed E-state index contributed by atoms with van der Waals surface area (Å²) in [4.78, 5) is 15.3. The third-order valence-electron chi connectivity index (χ3n) is 1.86. The zero-order valence-electron chi connectivity index (χ0n) is 8.53. The quantitative estimate of drug-likeness (QED) is 0.771. The summed E-state index contributed by atoms with van der Waals surface area (Å²) in [6.07, 6.45) is 0.986. The summed E-state index contributed by atoms with van der Waals surface area (Å²) < 4.78 is 0. The molecule has 0 heterocycles. The van der Waals surface area contributed by atoms with Gasteiger partial charge in [-0.1, -0.05) is 19.1 Å². The minimum atomic E-state index is -0.253. The molecular weight excluding hydrogens is 216 g/mol. The summed E-state index contributed by atoms with van der Waals surface area (Å²) in [5.41, 5.74) is 1.99. The van der Waals surface area contributed by atoms with E-state index in [1.807, 2.05) is 24.3 Å². The number of anilines is 1. The average molecular weight is 231 g/mol. The summed E-state index contributed by atoms with van der Waals surface area (Å²) in [6, 6.07) is 7.65. The first-order chi connectivity index (χ1) is 6.76. The van der Waals surface area contributed by atoms with Gasteiger partial charge in [0.25, 0.3) is 5.91 Å². The fourth-order valence-corrected chi connectivity index (χ4v) is 1.10. The lowest BCUT2D eigenvalue weighted by Gasteiger charge is -2.04. The van der Waals surface area contributed by atoms with Crippen LogP contribution in [-0.2, 0) is 16.1 Å². The van der Waals surface area contributed by atoms with Crippen molar-refractivity contribution in [1.29, 1.82) is 0 Å². The topological polar surface area (TPSA) is 64.3 Å². The standard InChI is InChI=1S/C10H14N2O2.ClH/c1-2-8-3-5-9(6-4-8)12-10(13)7-14-11;/h3-6H,2,7,11H2,1H3,(H,12,13);1H. The minimum Gasteiger partial charge on any atom is -0.324 e. The lowest BCUT2D eigenvalue weighted by Crippen LogP contribution is -2.20. The van der Waals surface area contributed by atoms with E-state index in [1.165, 1.54) is 5.56 Å². The highest BCUT2D eigenvalue weighted by Gasteiger charge is 2.00. The van der Waals surface area contributed by atoms with Gasteiger partial charge in [0.05, 0.1) is 0 Å². The number of nitrogens with two attached hydrogens (primary N) is 1. The molecule has 0 unspecified atom stereocenters. The van der Waals surface area contributed by atoms with Crippen molar-refractivity contribution >= 4 is 24.0 Å². The fraction of sp³-hybridized carbons (Fsp3) is 0.300. The van der Waals surface area contributed by atoms with Crippen LogP contribution in [0.3, 0.4) is 0 Å². The molecule has 15 heavy (non-hydrogen) atoms. The normalized spacial score (nSPS) is 9.20. The molecule has 0 aliphatic rings. The summed E-state index contributed by atoms with van der Waals surface area (Å²) in [5, 5.41) is 2.65. The van der Waals surface area contributed by atoms with Gasteiger partial charge in [0.1, 0.15) is 6.61 Å². The predicted octanol–water partition coefficient (Wildman–Crippen LogP) is 1.50. The van der Waals surface area contributed by atoms with Gasteiger partial charge in [-0.2, -0.15) is 0 Å². The summed E-state index contributed by atoms with van der Waals surface area (Å²) in [7, 11) is 0. The van der Waals surface area contributed by atoms with Gasteiger partial charge in [0.15, 0.2) is 0 Å². The van der Waals surface area contributed by atoms with E-state index in [0.29, 0.717) is 0 Å². The van der Waals surface area contributed by atoms with Crippen LogP contribution in [-0.4, -0.2) is 12.5 Å². The minimum absolute atomic E-state index is 0. The van der Waals surface area contributed by atoms with Gasteiger partial charge in [-0.25, -0.2) is 5.90 Å². The number of hydrogen-bond donors (Lipinski definition) is 2. The van der Waals surface area contributed by atoms with Crippen LogP contribution >= 0.6 is 12.4 Å². The molecule has 1 amide bonds. The maximum Gasteiger partial charge on any atom is 0.252 e. The van der Waals surface area contributed by atoms with E-state index in [1.54, 1.807) is 0 Å². The molecule has 0 spiro atoms. The maximum absolute atomic E-state index is 11.1. The molecule has 0 aliphatic carbocycles. The highest BCUT2D eigenvalue weighted by atomic mass is 35.5. The molecule has 3 N–H and O–H groups in total. The Balaban J connectivity index is 0.00000196. The lowest BCUT2D eigenvalue weighted by molar-refractivity contribution is -0.120. The number of halogens is 1. The van der Waals surface area contributed by atoms with Crippen LogP contribution in [0.4, 0.5) is 5.69 Å². The Labute approximate surface area is 95.2 Å². The lowest BCUT2D eigenvalue weighted by atomic mass is 10.1. The number of carbonyl (C=O) groups is 1. The second kappa shape index (κ2) is 7.23. The predicted molar refractivity (Wildman–Crippen MR) is 61.8 cm³/mol. The molecule has 5 heteroatoms. The van der Waals surface area contributed by atoms with Gasteiger partial charge in [0.2, 0.25) is 0 Å². The van der Waals surface area contributed by atoms with Crippen LogP contribution in [0.5, 0.6) is 0 Å². The highest BCUT2D eigenvalue weighted by Crippen LogP contribution is 2.09. The van der Waals surface area contributed by atoms with Crippen molar-refractivity contribution < 1.29 is 9.63 Å². The van der Waals surface area contributed by atoms with Crippen molar-refractivity contribution in [2.45, 2.75) is 13.3 Å². The fourth-order valence-electron chi connectivity index (χ4n) is 1.10. The molecule has 4 nitrogen and oxygen atoms in total. The van der Waals surface area contributed by atoms with Gasteiger partial charge < -0.3 is 5.32 Å². The number of benzene rings is 1. The Kier molecular flexibility index (Phi) is 6.70. The van der Waals surface area contributed by atoms with E-state index in [-0.39, 0.29) is 24.9 Å². The van der Waals surface area contributed by atoms with Gasteiger partial charge in [0, 0.05) is 5.69 Å². The maximum atomic E-state index is 11.1. The Bertz CT molecular complexity index is 301. The van der Waals surface area contributed by atoms with Crippen LogP contribution in [0.15, 0.2) is 24.3 Å². The van der Waals surface area contributed by atoms with Crippen LogP contribution < -0.4 is 11.2 Å². The van der Waals surface area contributed by atoms with Crippen LogP contribution in [0.1, 0.15) is 12.5 Å². The highest BCUT2D eigenvalue weighted by molar-refractivity contribution is 5.91. The number of amides is 1. The molecule has 0 aliphatic heterocycles. The SMILES string of the molecule is CCc1ccc(NC(=O)CON)cc1.Cl. The third-order valence-corrected chi connectivity index (χ3v) is 1.86.